The topological polar surface area (TPSA) is 63.2 Å². The number of fused-ring (bicyclic) bond motifs is 2. The molecule has 5 heteroatoms. The number of hydrogen-bond donors (Lipinski definition) is 1. The Labute approximate surface area is 104 Å². The van der Waals surface area contributed by atoms with E-state index in [-0.39, 0.29) is 9.79 Å². The van der Waals surface area contributed by atoms with Crippen LogP contribution in [0.4, 0.5) is 11.4 Å². The molecule has 0 spiro atoms. The zero-order valence-electron chi connectivity index (χ0n) is 9.25. The predicted octanol–water partition coefficient (Wildman–Crippen LogP) is 2.39. The maximum Gasteiger partial charge on any atom is 0.210 e. The first-order chi connectivity index (χ1) is 8.64. The van der Waals surface area contributed by atoms with Crippen LogP contribution < -0.4 is 5.32 Å². The van der Waals surface area contributed by atoms with E-state index in [0.29, 0.717) is 23.2 Å². The van der Waals surface area contributed by atoms with Crippen molar-refractivity contribution >= 4 is 27.5 Å². The summed E-state index contributed by atoms with van der Waals surface area (Å²) in [4.78, 5) is 11.3. The Bertz CT molecular complexity index is 751. The van der Waals surface area contributed by atoms with Crippen molar-refractivity contribution in [2.45, 2.75) is 9.79 Å². The van der Waals surface area contributed by atoms with Crippen molar-refractivity contribution < 1.29 is 13.2 Å². The van der Waals surface area contributed by atoms with E-state index in [1.807, 2.05) is 0 Å². The summed E-state index contributed by atoms with van der Waals surface area (Å²) >= 11 is 0. The first-order valence-electron chi connectivity index (χ1n) is 5.34. The molecule has 4 nitrogen and oxygen atoms in total. The van der Waals surface area contributed by atoms with Gasteiger partial charge in [0.05, 0.1) is 21.2 Å². The van der Waals surface area contributed by atoms with E-state index >= 15 is 0 Å². The molecule has 18 heavy (non-hydrogen) atoms. The minimum Gasteiger partial charge on any atom is -0.353 e. The molecule has 0 radical (unpaired) electrons. The zero-order valence-corrected chi connectivity index (χ0v) is 10.1. The number of nitrogens with one attached hydrogen (secondary N) is 1. The summed E-state index contributed by atoms with van der Waals surface area (Å²) in [6.07, 6.45) is 0.648. The highest BCUT2D eigenvalue weighted by molar-refractivity contribution is 7.92. The molecule has 0 fully saturated rings. The number of hydrogen-bond acceptors (Lipinski definition) is 4. The van der Waals surface area contributed by atoms with Gasteiger partial charge in [-0.25, -0.2) is 8.42 Å². The van der Waals surface area contributed by atoms with Gasteiger partial charge in [0.2, 0.25) is 9.84 Å². The molecule has 0 atom stereocenters. The van der Waals surface area contributed by atoms with E-state index in [4.69, 9.17) is 0 Å². The second-order valence-electron chi connectivity index (χ2n) is 3.96. The van der Waals surface area contributed by atoms with Crippen LogP contribution >= 0.6 is 0 Å². The highest BCUT2D eigenvalue weighted by Gasteiger charge is 2.30. The molecule has 0 aliphatic carbocycles. The Morgan fingerprint density at radius 2 is 1.67 bits per heavy atom. The third kappa shape index (κ3) is 1.37. The number of aldehydes is 1. The van der Waals surface area contributed by atoms with Crippen LogP contribution in [0.2, 0.25) is 0 Å². The van der Waals surface area contributed by atoms with Crippen molar-refractivity contribution in [3.05, 3.63) is 48.0 Å². The Morgan fingerprint density at radius 3 is 2.44 bits per heavy atom. The standard InChI is InChI=1S/C13H9NO3S/c15-8-9-4-3-7-12-13(9)14-10-5-1-2-6-11(10)18(12,16)17/h1-8,14H. The lowest BCUT2D eigenvalue weighted by Crippen LogP contribution is -2.14. The normalized spacial score (nSPS) is 15.1. The van der Waals surface area contributed by atoms with E-state index in [1.165, 1.54) is 6.07 Å². The summed E-state index contributed by atoms with van der Waals surface area (Å²) in [7, 11) is -3.56. The quantitative estimate of drug-likeness (QED) is 0.681. The van der Waals surface area contributed by atoms with Gasteiger partial charge >= 0.3 is 0 Å². The molecule has 2 aromatic rings. The minimum absolute atomic E-state index is 0.144. The van der Waals surface area contributed by atoms with Gasteiger partial charge in [0.1, 0.15) is 0 Å². The fraction of sp³-hybridized carbons (Fsp3) is 0. The van der Waals surface area contributed by atoms with Crippen molar-refractivity contribution in [2.24, 2.45) is 0 Å². The van der Waals surface area contributed by atoms with Crippen molar-refractivity contribution in [1.82, 2.24) is 0 Å². The largest absolute Gasteiger partial charge is 0.353 e. The Morgan fingerprint density at radius 1 is 0.944 bits per heavy atom. The number of para-hydroxylation sites is 2. The molecule has 0 amide bonds. The van der Waals surface area contributed by atoms with Gasteiger partial charge in [0, 0.05) is 5.56 Å². The SMILES string of the molecule is O=Cc1cccc2c1Nc1ccccc1S2(=O)=O. The van der Waals surface area contributed by atoms with Crippen LogP contribution in [0.15, 0.2) is 52.3 Å². The molecular weight excluding hydrogens is 250 g/mol. The van der Waals surface area contributed by atoms with Gasteiger partial charge < -0.3 is 5.32 Å². The molecule has 0 aromatic heterocycles. The van der Waals surface area contributed by atoms with Crippen LogP contribution in [0, 0.1) is 0 Å². The summed E-state index contributed by atoms with van der Waals surface area (Å²) in [6, 6.07) is 11.3. The van der Waals surface area contributed by atoms with Gasteiger partial charge in [-0.05, 0) is 24.3 Å². The first-order valence-corrected chi connectivity index (χ1v) is 6.82. The number of rotatable bonds is 1. The summed E-state index contributed by atoms with van der Waals surface area (Å²) in [5.74, 6) is 0. The third-order valence-corrected chi connectivity index (χ3v) is 4.77. The molecule has 90 valence electrons. The lowest BCUT2D eigenvalue weighted by atomic mass is 10.2. The van der Waals surface area contributed by atoms with Crippen LogP contribution in [-0.4, -0.2) is 14.7 Å². The van der Waals surface area contributed by atoms with Gasteiger partial charge in [-0.3, -0.25) is 4.79 Å². The molecule has 2 aromatic carbocycles. The van der Waals surface area contributed by atoms with E-state index in [2.05, 4.69) is 5.32 Å². The fourth-order valence-electron chi connectivity index (χ4n) is 2.06. The molecule has 1 N–H and O–H groups in total. The van der Waals surface area contributed by atoms with Crippen molar-refractivity contribution in [3.63, 3.8) is 0 Å². The highest BCUT2D eigenvalue weighted by atomic mass is 32.2. The molecule has 1 aliphatic rings. The summed E-state index contributed by atoms with van der Waals surface area (Å²) in [5, 5.41) is 3.01. The van der Waals surface area contributed by atoms with Crippen molar-refractivity contribution in [3.8, 4) is 0 Å². The number of sulfone groups is 1. The van der Waals surface area contributed by atoms with Gasteiger partial charge in [-0.1, -0.05) is 18.2 Å². The van der Waals surface area contributed by atoms with Crippen LogP contribution in [-0.2, 0) is 9.84 Å². The smallest absolute Gasteiger partial charge is 0.210 e. The Hall–Kier alpha value is -2.14. The molecule has 1 heterocycles. The van der Waals surface area contributed by atoms with Crippen molar-refractivity contribution in [2.75, 3.05) is 5.32 Å². The monoisotopic (exact) mass is 259 g/mol. The number of anilines is 2. The maximum atomic E-state index is 12.4. The second-order valence-corrected chi connectivity index (χ2v) is 5.85. The molecule has 0 bridgehead atoms. The van der Waals surface area contributed by atoms with E-state index < -0.39 is 9.84 Å². The van der Waals surface area contributed by atoms with Gasteiger partial charge in [0.15, 0.2) is 6.29 Å². The number of carbonyl (C=O) groups excluding carboxylic acids is 1. The second kappa shape index (κ2) is 3.68. The first kappa shape index (κ1) is 11.0. The average molecular weight is 259 g/mol. The third-order valence-electron chi connectivity index (χ3n) is 2.91. The van der Waals surface area contributed by atoms with Crippen LogP contribution in [0.5, 0.6) is 0 Å². The molecule has 1 aliphatic heterocycles. The van der Waals surface area contributed by atoms with Gasteiger partial charge in [0.25, 0.3) is 0 Å². The molecule has 3 rings (SSSR count). The number of benzene rings is 2. The van der Waals surface area contributed by atoms with Crippen LogP contribution in [0.1, 0.15) is 10.4 Å². The van der Waals surface area contributed by atoms with Crippen molar-refractivity contribution in [1.29, 1.82) is 0 Å². The summed E-state index contributed by atoms with van der Waals surface area (Å²) < 4.78 is 24.8. The van der Waals surface area contributed by atoms with E-state index in [1.54, 1.807) is 36.4 Å². The lowest BCUT2D eigenvalue weighted by molar-refractivity contribution is 0.112. The van der Waals surface area contributed by atoms with E-state index in [0.717, 1.165) is 0 Å². The Balaban J connectivity index is 2.38. The summed E-state index contributed by atoms with van der Waals surface area (Å²) in [6.45, 7) is 0. The summed E-state index contributed by atoms with van der Waals surface area (Å²) in [5.41, 5.74) is 1.19. The number of carbonyl (C=O) groups is 1. The van der Waals surface area contributed by atoms with Crippen LogP contribution in [0.3, 0.4) is 0 Å². The predicted molar refractivity (Wildman–Crippen MR) is 67.0 cm³/mol. The van der Waals surface area contributed by atoms with E-state index in [9.17, 15) is 13.2 Å². The van der Waals surface area contributed by atoms with Crippen LogP contribution in [0.25, 0.3) is 0 Å². The molecular formula is C13H9NO3S. The fourth-order valence-corrected chi connectivity index (χ4v) is 3.66. The highest BCUT2D eigenvalue weighted by Crippen LogP contribution is 2.40. The zero-order chi connectivity index (χ0) is 12.8. The lowest BCUT2D eigenvalue weighted by Gasteiger charge is -2.22. The molecule has 0 saturated heterocycles. The minimum atomic E-state index is -3.56. The molecule has 0 saturated carbocycles. The maximum absolute atomic E-state index is 12.4. The average Bonchev–Trinajstić information content (AvgIpc) is 2.38. The van der Waals surface area contributed by atoms with Gasteiger partial charge in [-0.2, -0.15) is 0 Å². The Kier molecular flexibility index (Phi) is 2.24. The molecule has 0 unspecified atom stereocenters. The van der Waals surface area contributed by atoms with Gasteiger partial charge in [-0.15, -0.1) is 0 Å².